The molecule has 1 aliphatic rings. The molecule has 0 saturated heterocycles. The number of benzene rings is 1. The van der Waals surface area contributed by atoms with Gasteiger partial charge in [0.05, 0.1) is 0 Å². The molecule has 0 bridgehead atoms. The van der Waals surface area contributed by atoms with Gasteiger partial charge in [0.2, 0.25) is 0 Å². The highest BCUT2D eigenvalue weighted by molar-refractivity contribution is 6.30. The van der Waals surface area contributed by atoms with E-state index in [4.69, 9.17) is 17.3 Å². The number of halogens is 1. The summed E-state index contributed by atoms with van der Waals surface area (Å²) < 4.78 is 0. The molecule has 0 spiro atoms. The topological polar surface area (TPSA) is 29.3 Å². The summed E-state index contributed by atoms with van der Waals surface area (Å²) >= 11 is 5.90. The maximum Gasteiger partial charge on any atom is 0.0406 e. The second-order valence-electron chi connectivity index (χ2n) is 5.95. The summed E-state index contributed by atoms with van der Waals surface area (Å²) in [6.45, 7) is 4.35. The third kappa shape index (κ3) is 3.25. The molecule has 0 aliphatic heterocycles. The fourth-order valence-electron chi connectivity index (χ4n) is 3.03. The molecule has 3 heteroatoms. The molecular formula is C15H23ClN2. The highest BCUT2D eigenvalue weighted by Crippen LogP contribution is 2.37. The van der Waals surface area contributed by atoms with Crippen LogP contribution < -0.4 is 5.73 Å². The zero-order valence-electron chi connectivity index (χ0n) is 11.3. The van der Waals surface area contributed by atoms with Gasteiger partial charge in [0, 0.05) is 24.2 Å². The predicted molar refractivity (Wildman–Crippen MR) is 77.7 cm³/mol. The zero-order valence-corrected chi connectivity index (χ0v) is 12.1. The molecule has 0 heterocycles. The van der Waals surface area contributed by atoms with Gasteiger partial charge in [-0.3, -0.25) is 0 Å². The lowest BCUT2D eigenvalue weighted by atomic mass is 9.84. The molecule has 2 rings (SSSR count). The van der Waals surface area contributed by atoms with E-state index in [9.17, 15) is 0 Å². The molecule has 1 aromatic carbocycles. The Morgan fingerprint density at radius 3 is 2.61 bits per heavy atom. The molecule has 2 atom stereocenters. The van der Waals surface area contributed by atoms with Crippen LogP contribution in [0.25, 0.3) is 0 Å². The van der Waals surface area contributed by atoms with Crippen molar-refractivity contribution in [2.24, 2.45) is 11.1 Å². The summed E-state index contributed by atoms with van der Waals surface area (Å²) in [4.78, 5) is 2.37. The van der Waals surface area contributed by atoms with E-state index in [0.29, 0.717) is 6.04 Å². The number of rotatable bonds is 4. The molecule has 0 radical (unpaired) electrons. The third-order valence-corrected chi connectivity index (χ3v) is 4.41. The first kappa shape index (κ1) is 13.9. The number of nitrogens with zero attached hydrogens (tertiary/aromatic N) is 1. The van der Waals surface area contributed by atoms with Crippen LogP contribution in [0.4, 0.5) is 0 Å². The van der Waals surface area contributed by atoms with Gasteiger partial charge in [-0.2, -0.15) is 0 Å². The molecule has 2 nitrogen and oxygen atoms in total. The van der Waals surface area contributed by atoms with Crippen LogP contribution in [0.5, 0.6) is 0 Å². The minimum Gasteiger partial charge on any atom is -0.327 e. The van der Waals surface area contributed by atoms with Gasteiger partial charge >= 0.3 is 0 Å². The summed E-state index contributed by atoms with van der Waals surface area (Å²) in [5.41, 5.74) is 7.81. The fraction of sp³-hybridized carbons (Fsp3) is 0.600. The summed E-state index contributed by atoms with van der Waals surface area (Å²) in [5, 5.41) is 0.797. The van der Waals surface area contributed by atoms with Crippen LogP contribution in [0.2, 0.25) is 5.02 Å². The van der Waals surface area contributed by atoms with E-state index in [1.54, 1.807) is 0 Å². The Balaban J connectivity index is 1.92. The molecule has 1 aliphatic carbocycles. The van der Waals surface area contributed by atoms with Crippen molar-refractivity contribution in [1.29, 1.82) is 0 Å². The third-order valence-electron chi connectivity index (χ3n) is 4.16. The highest BCUT2D eigenvalue weighted by Gasteiger charge is 2.36. The Bertz CT molecular complexity index is 390. The lowest BCUT2D eigenvalue weighted by Crippen LogP contribution is -2.42. The van der Waals surface area contributed by atoms with Crippen molar-refractivity contribution in [3.63, 3.8) is 0 Å². The van der Waals surface area contributed by atoms with Crippen LogP contribution in [-0.4, -0.2) is 24.5 Å². The van der Waals surface area contributed by atoms with E-state index in [0.717, 1.165) is 18.1 Å². The van der Waals surface area contributed by atoms with Crippen molar-refractivity contribution in [3.8, 4) is 0 Å². The lowest BCUT2D eigenvalue weighted by Gasteiger charge is -2.33. The smallest absolute Gasteiger partial charge is 0.0406 e. The van der Waals surface area contributed by atoms with E-state index in [-0.39, 0.29) is 5.41 Å². The molecule has 1 fully saturated rings. The van der Waals surface area contributed by atoms with Crippen molar-refractivity contribution in [1.82, 2.24) is 4.90 Å². The largest absolute Gasteiger partial charge is 0.327 e. The van der Waals surface area contributed by atoms with Gasteiger partial charge in [-0.15, -0.1) is 0 Å². The van der Waals surface area contributed by atoms with Gasteiger partial charge in [0.25, 0.3) is 0 Å². The maximum atomic E-state index is 6.23. The van der Waals surface area contributed by atoms with E-state index in [1.165, 1.54) is 24.8 Å². The predicted octanol–water partition coefficient (Wildman–Crippen LogP) is 3.29. The van der Waals surface area contributed by atoms with E-state index in [2.05, 4.69) is 31.0 Å². The van der Waals surface area contributed by atoms with Crippen LogP contribution in [-0.2, 0) is 6.54 Å². The molecule has 0 aromatic heterocycles. The monoisotopic (exact) mass is 266 g/mol. The molecule has 18 heavy (non-hydrogen) atoms. The van der Waals surface area contributed by atoms with Crippen molar-refractivity contribution >= 4 is 11.6 Å². The van der Waals surface area contributed by atoms with E-state index < -0.39 is 0 Å². The first-order valence-corrected chi connectivity index (χ1v) is 7.06. The summed E-state index contributed by atoms with van der Waals surface area (Å²) in [7, 11) is 2.17. The molecule has 1 saturated carbocycles. The summed E-state index contributed by atoms with van der Waals surface area (Å²) in [6.07, 6.45) is 3.69. The highest BCUT2D eigenvalue weighted by atomic mass is 35.5. The van der Waals surface area contributed by atoms with Crippen molar-refractivity contribution in [2.45, 2.75) is 38.8 Å². The van der Waals surface area contributed by atoms with Crippen LogP contribution >= 0.6 is 11.6 Å². The Labute approximate surface area is 115 Å². The fourth-order valence-corrected chi connectivity index (χ4v) is 3.16. The molecule has 1 aromatic rings. The SMILES string of the molecule is CN(Cc1ccc(Cl)cc1)CC1(C)CCCC1N. The molecular weight excluding hydrogens is 244 g/mol. The molecule has 2 unspecified atom stereocenters. The Morgan fingerprint density at radius 1 is 1.39 bits per heavy atom. The van der Waals surface area contributed by atoms with Gasteiger partial charge in [-0.05, 0) is 43.0 Å². The minimum atomic E-state index is 0.279. The van der Waals surface area contributed by atoms with Crippen molar-refractivity contribution in [3.05, 3.63) is 34.9 Å². The summed E-state index contributed by atoms with van der Waals surface area (Å²) in [5.74, 6) is 0. The Hall–Kier alpha value is -0.570. The normalized spacial score (nSPS) is 27.9. The van der Waals surface area contributed by atoms with Crippen LogP contribution in [0.1, 0.15) is 31.7 Å². The average molecular weight is 267 g/mol. The number of hydrogen-bond acceptors (Lipinski definition) is 2. The van der Waals surface area contributed by atoms with Crippen molar-refractivity contribution < 1.29 is 0 Å². The molecule has 2 N–H and O–H groups in total. The van der Waals surface area contributed by atoms with Crippen LogP contribution in [0, 0.1) is 5.41 Å². The minimum absolute atomic E-state index is 0.279. The zero-order chi connectivity index (χ0) is 13.2. The first-order valence-electron chi connectivity index (χ1n) is 6.68. The lowest BCUT2D eigenvalue weighted by molar-refractivity contribution is 0.173. The number of hydrogen-bond donors (Lipinski definition) is 1. The maximum absolute atomic E-state index is 6.23. The Kier molecular flexibility index (Phi) is 4.31. The quantitative estimate of drug-likeness (QED) is 0.906. The van der Waals surface area contributed by atoms with Gasteiger partial charge in [0.1, 0.15) is 0 Å². The van der Waals surface area contributed by atoms with Crippen LogP contribution in [0.3, 0.4) is 0 Å². The van der Waals surface area contributed by atoms with Gasteiger partial charge in [-0.1, -0.05) is 37.1 Å². The average Bonchev–Trinajstić information content (AvgIpc) is 2.62. The second-order valence-corrected chi connectivity index (χ2v) is 6.39. The number of nitrogens with two attached hydrogens (primary N) is 1. The standard InChI is InChI=1S/C15H23ClN2/c1-15(9-3-4-14(15)17)11-18(2)10-12-5-7-13(16)8-6-12/h5-8,14H,3-4,9-11,17H2,1-2H3. The molecule has 100 valence electrons. The van der Waals surface area contributed by atoms with E-state index in [1.807, 2.05) is 12.1 Å². The Morgan fingerprint density at radius 2 is 2.06 bits per heavy atom. The van der Waals surface area contributed by atoms with Gasteiger partial charge < -0.3 is 10.6 Å². The van der Waals surface area contributed by atoms with Crippen molar-refractivity contribution in [2.75, 3.05) is 13.6 Å². The van der Waals surface area contributed by atoms with Gasteiger partial charge in [-0.25, -0.2) is 0 Å². The summed E-state index contributed by atoms with van der Waals surface area (Å²) in [6, 6.07) is 8.44. The molecule has 0 amide bonds. The second kappa shape index (κ2) is 5.60. The first-order chi connectivity index (χ1) is 8.49. The van der Waals surface area contributed by atoms with E-state index >= 15 is 0 Å². The van der Waals surface area contributed by atoms with Crippen LogP contribution in [0.15, 0.2) is 24.3 Å². The van der Waals surface area contributed by atoms with Gasteiger partial charge in [0.15, 0.2) is 0 Å².